The third-order valence-electron chi connectivity index (χ3n) is 4.49. The van der Waals surface area contributed by atoms with Crippen molar-refractivity contribution < 1.29 is 14.4 Å². The molecule has 0 saturated heterocycles. The molecule has 0 atom stereocenters. The van der Waals surface area contributed by atoms with Crippen LogP contribution in [0, 0.1) is 0 Å². The van der Waals surface area contributed by atoms with Gasteiger partial charge in [0.25, 0.3) is 0 Å². The molecule has 30 heavy (non-hydrogen) atoms. The van der Waals surface area contributed by atoms with Gasteiger partial charge >= 0.3 is 5.97 Å². The van der Waals surface area contributed by atoms with Gasteiger partial charge in [-0.15, -0.1) is 0 Å². The van der Waals surface area contributed by atoms with Crippen molar-refractivity contribution in [3.05, 3.63) is 108 Å². The topological polar surface area (TPSA) is 55.7 Å². The summed E-state index contributed by atoms with van der Waals surface area (Å²) in [4.78, 5) is 32.4. The van der Waals surface area contributed by atoms with Gasteiger partial charge in [0.15, 0.2) is 0 Å². The second-order valence-corrected chi connectivity index (χ2v) is 7.94. The fraction of sp³-hybridized carbons (Fsp3) is 0.0800. The minimum atomic E-state index is -0.583. The van der Waals surface area contributed by atoms with Gasteiger partial charge in [0.05, 0.1) is 5.56 Å². The number of hydrogen-bond donors (Lipinski definition) is 0. The fourth-order valence-electron chi connectivity index (χ4n) is 2.77. The zero-order chi connectivity index (χ0) is 20.8. The van der Waals surface area contributed by atoms with Crippen LogP contribution >= 0.6 is 11.8 Å². The van der Waals surface area contributed by atoms with Crippen LogP contribution in [0.2, 0.25) is 0 Å². The van der Waals surface area contributed by atoms with Crippen molar-refractivity contribution in [2.45, 2.75) is 22.6 Å². The number of oxime groups is 1. The third-order valence-corrected chi connectivity index (χ3v) is 5.51. The molecule has 1 aliphatic rings. The van der Waals surface area contributed by atoms with E-state index in [1.807, 2.05) is 54.6 Å². The van der Waals surface area contributed by atoms with Gasteiger partial charge in [0, 0.05) is 21.8 Å². The van der Waals surface area contributed by atoms with Crippen molar-refractivity contribution >= 4 is 29.2 Å². The van der Waals surface area contributed by atoms with Crippen molar-refractivity contribution in [3.63, 3.8) is 0 Å². The standard InChI is InChI=1S/C25H19NO3S/c27-24(19-13-15-22(16-14-19)30-21-9-5-2-6-10-21)23(17-18-11-12-18)26-29-25(28)20-7-3-1-4-8-20/h1-11,13-16H,12,17H2. The highest BCUT2D eigenvalue weighted by Crippen LogP contribution is 2.28. The number of carbonyl (C=O) groups excluding carboxylic acids is 2. The van der Waals surface area contributed by atoms with E-state index in [-0.39, 0.29) is 11.5 Å². The molecular weight excluding hydrogens is 394 g/mol. The summed E-state index contributed by atoms with van der Waals surface area (Å²) >= 11 is 1.63. The first-order valence-corrected chi connectivity index (χ1v) is 10.4. The summed E-state index contributed by atoms with van der Waals surface area (Å²) in [5.74, 6) is -0.819. The lowest BCUT2D eigenvalue weighted by atomic mass is 10.0. The van der Waals surface area contributed by atoms with Crippen LogP contribution in [-0.4, -0.2) is 17.5 Å². The first kappa shape index (κ1) is 19.9. The molecule has 4 rings (SSSR count). The Balaban J connectivity index is 1.47. The third kappa shape index (κ3) is 5.33. The fourth-order valence-corrected chi connectivity index (χ4v) is 3.61. The Morgan fingerprint density at radius 3 is 2.03 bits per heavy atom. The lowest BCUT2D eigenvalue weighted by Gasteiger charge is -2.06. The average Bonchev–Trinajstić information content (AvgIpc) is 3.62. The van der Waals surface area contributed by atoms with E-state index in [1.165, 1.54) is 0 Å². The number of hydrogen-bond acceptors (Lipinski definition) is 5. The average molecular weight is 413 g/mol. The van der Waals surface area contributed by atoms with E-state index in [9.17, 15) is 9.59 Å². The molecule has 0 fully saturated rings. The molecule has 0 N–H and O–H groups in total. The van der Waals surface area contributed by atoms with Gasteiger partial charge in [-0.3, -0.25) is 4.79 Å². The maximum Gasteiger partial charge on any atom is 0.365 e. The Morgan fingerprint density at radius 1 is 0.800 bits per heavy atom. The lowest BCUT2D eigenvalue weighted by molar-refractivity contribution is 0.0515. The van der Waals surface area contributed by atoms with Crippen LogP contribution in [0.1, 0.15) is 33.6 Å². The predicted molar refractivity (Wildman–Crippen MR) is 118 cm³/mol. The molecule has 5 heteroatoms. The second kappa shape index (κ2) is 9.37. The molecule has 0 radical (unpaired) electrons. The second-order valence-electron chi connectivity index (χ2n) is 6.79. The van der Waals surface area contributed by atoms with Crippen LogP contribution < -0.4 is 0 Å². The van der Waals surface area contributed by atoms with Crippen LogP contribution in [0.25, 0.3) is 0 Å². The number of allylic oxidation sites excluding steroid dienone is 2. The Bertz CT molecular complexity index is 1100. The number of ketones is 1. The quantitative estimate of drug-likeness (QED) is 0.150. The van der Waals surface area contributed by atoms with Gasteiger partial charge in [0.1, 0.15) is 5.71 Å². The maximum absolute atomic E-state index is 13.0. The Labute approximate surface area is 179 Å². The van der Waals surface area contributed by atoms with Gasteiger partial charge < -0.3 is 4.84 Å². The number of carbonyl (C=O) groups is 2. The molecule has 3 aromatic rings. The SMILES string of the molecule is O=C(ON=C(CC1=CC1)C(=O)c1ccc(Sc2ccccc2)cc1)c1ccccc1. The monoisotopic (exact) mass is 413 g/mol. The van der Waals surface area contributed by atoms with Crippen molar-refractivity contribution in [2.75, 3.05) is 0 Å². The smallest absolute Gasteiger partial charge is 0.312 e. The van der Waals surface area contributed by atoms with E-state index in [1.54, 1.807) is 48.2 Å². The molecule has 0 spiro atoms. The highest BCUT2D eigenvalue weighted by Gasteiger charge is 2.21. The highest BCUT2D eigenvalue weighted by molar-refractivity contribution is 7.99. The van der Waals surface area contributed by atoms with Gasteiger partial charge in [0.2, 0.25) is 5.78 Å². The van der Waals surface area contributed by atoms with Gasteiger partial charge in [-0.2, -0.15) is 0 Å². The van der Waals surface area contributed by atoms with Gasteiger partial charge in [-0.1, -0.05) is 65.0 Å². The van der Waals surface area contributed by atoms with E-state index in [2.05, 4.69) is 5.16 Å². The van der Waals surface area contributed by atoms with E-state index in [0.717, 1.165) is 21.8 Å². The highest BCUT2D eigenvalue weighted by atomic mass is 32.2. The van der Waals surface area contributed by atoms with Gasteiger partial charge in [-0.05, 0) is 55.0 Å². The predicted octanol–water partition coefficient (Wildman–Crippen LogP) is 5.95. The maximum atomic E-state index is 13.0. The van der Waals surface area contributed by atoms with E-state index < -0.39 is 5.97 Å². The zero-order valence-corrected chi connectivity index (χ0v) is 17.0. The zero-order valence-electron chi connectivity index (χ0n) is 16.2. The molecule has 0 saturated carbocycles. The van der Waals surface area contributed by atoms with E-state index in [4.69, 9.17) is 4.84 Å². The van der Waals surface area contributed by atoms with Crippen LogP contribution in [0.3, 0.4) is 0 Å². The number of benzene rings is 3. The Hall–Kier alpha value is -3.44. The molecule has 3 aromatic carbocycles. The Morgan fingerprint density at radius 2 is 1.40 bits per heavy atom. The Kier molecular flexibility index (Phi) is 6.20. The van der Waals surface area contributed by atoms with E-state index >= 15 is 0 Å². The minimum absolute atomic E-state index is 0.228. The molecule has 0 amide bonds. The van der Waals surface area contributed by atoms with Crippen LogP contribution in [0.4, 0.5) is 0 Å². The summed E-state index contributed by atoms with van der Waals surface area (Å²) in [6, 6.07) is 26.0. The summed E-state index contributed by atoms with van der Waals surface area (Å²) in [6.07, 6.45) is 3.29. The van der Waals surface area contributed by atoms with Crippen LogP contribution in [0.15, 0.2) is 112 Å². The number of nitrogens with zero attached hydrogens (tertiary/aromatic N) is 1. The van der Waals surface area contributed by atoms with E-state index in [0.29, 0.717) is 17.5 Å². The molecule has 148 valence electrons. The molecular formula is C25H19NO3S. The van der Waals surface area contributed by atoms with Crippen LogP contribution in [-0.2, 0) is 4.84 Å². The largest absolute Gasteiger partial charge is 0.365 e. The summed E-state index contributed by atoms with van der Waals surface area (Å²) in [5.41, 5.74) is 2.25. The minimum Gasteiger partial charge on any atom is -0.312 e. The summed E-state index contributed by atoms with van der Waals surface area (Å²) < 4.78 is 0. The first-order chi connectivity index (χ1) is 14.7. The first-order valence-electron chi connectivity index (χ1n) is 9.58. The van der Waals surface area contributed by atoms with Crippen molar-refractivity contribution in [1.29, 1.82) is 0 Å². The van der Waals surface area contributed by atoms with Crippen molar-refractivity contribution in [1.82, 2.24) is 0 Å². The molecule has 0 bridgehead atoms. The summed E-state index contributed by atoms with van der Waals surface area (Å²) in [7, 11) is 0. The molecule has 1 aliphatic carbocycles. The van der Waals surface area contributed by atoms with Crippen LogP contribution in [0.5, 0.6) is 0 Å². The lowest BCUT2D eigenvalue weighted by Crippen LogP contribution is -2.16. The van der Waals surface area contributed by atoms with Gasteiger partial charge in [-0.25, -0.2) is 4.79 Å². The summed E-state index contributed by atoms with van der Waals surface area (Å²) in [6.45, 7) is 0. The summed E-state index contributed by atoms with van der Waals surface area (Å²) in [5, 5.41) is 3.92. The number of Topliss-reactive ketones (excluding diaryl/α,β-unsaturated/α-hetero) is 1. The van der Waals surface area contributed by atoms with Crippen molar-refractivity contribution in [3.8, 4) is 0 Å². The number of rotatable bonds is 8. The molecule has 0 aliphatic heterocycles. The normalized spacial score (nSPS) is 12.8. The molecule has 0 aromatic heterocycles. The van der Waals surface area contributed by atoms with Crippen molar-refractivity contribution in [2.24, 2.45) is 5.16 Å². The molecule has 4 nitrogen and oxygen atoms in total. The molecule has 0 heterocycles. The molecule has 0 unspecified atom stereocenters.